The lowest BCUT2D eigenvalue weighted by Crippen LogP contribution is -2.55. The molecule has 1 aliphatic carbocycles. The second-order valence-electron chi connectivity index (χ2n) is 19.3. The van der Waals surface area contributed by atoms with Gasteiger partial charge in [-0.15, -0.1) is 0 Å². The molecule has 1 unspecified atom stereocenters. The quantitative estimate of drug-likeness (QED) is 0.0842. The van der Waals surface area contributed by atoms with E-state index >= 15 is 0 Å². The Labute approximate surface area is 394 Å². The fraction of sp³-hybridized carbons (Fsp3) is 0.469. The molecule has 5 aromatic rings. The highest BCUT2D eigenvalue weighted by Gasteiger charge is 2.50. The van der Waals surface area contributed by atoms with Crippen molar-refractivity contribution in [2.45, 2.75) is 94.2 Å². The lowest BCUT2D eigenvalue weighted by molar-refractivity contribution is -0.384. The van der Waals surface area contributed by atoms with Gasteiger partial charge < -0.3 is 34.3 Å². The zero-order chi connectivity index (χ0) is 47.3. The first-order valence-corrected chi connectivity index (χ1v) is 25.1. The van der Waals surface area contributed by atoms with E-state index in [1.165, 1.54) is 50.1 Å². The number of H-pyrrole nitrogens is 1. The van der Waals surface area contributed by atoms with E-state index in [0.29, 0.717) is 55.3 Å². The Balaban J connectivity index is 0.846. The number of nitro groups is 1. The minimum atomic E-state index is -4.72. The summed E-state index contributed by atoms with van der Waals surface area (Å²) in [5.74, 6) is -0.294. The normalized spacial score (nSPS) is 20.9. The molecule has 1 saturated carbocycles. The zero-order valence-electron chi connectivity index (χ0n) is 38.5. The van der Waals surface area contributed by atoms with E-state index in [9.17, 15) is 28.1 Å². The fourth-order valence-corrected chi connectivity index (χ4v) is 12.3. The number of pyridine rings is 2. The van der Waals surface area contributed by atoms with Crippen LogP contribution in [0.3, 0.4) is 0 Å². The molecule has 358 valence electrons. The minimum absolute atomic E-state index is 0.0186. The predicted molar refractivity (Wildman–Crippen MR) is 254 cm³/mol. The summed E-state index contributed by atoms with van der Waals surface area (Å²) in [6.07, 6.45) is 12.4. The van der Waals surface area contributed by atoms with Crippen LogP contribution in [0, 0.1) is 21.4 Å². The second-order valence-corrected chi connectivity index (χ2v) is 21.0. The number of methoxy groups -OCH3 is 1. The van der Waals surface area contributed by atoms with E-state index in [4.69, 9.17) is 14.2 Å². The van der Waals surface area contributed by atoms with Crippen molar-refractivity contribution in [1.29, 1.82) is 0 Å². The Bertz CT molecular complexity index is 2850. The molecule has 7 heterocycles. The largest absolute Gasteiger partial charge is 0.489 e. The van der Waals surface area contributed by atoms with E-state index in [0.717, 1.165) is 55.7 Å². The molecule has 19 heteroatoms. The van der Waals surface area contributed by atoms with Crippen LogP contribution in [0.5, 0.6) is 17.2 Å². The highest BCUT2D eigenvalue weighted by molar-refractivity contribution is 7.90. The second kappa shape index (κ2) is 18.2. The minimum Gasteiger partial charge on any atom is -0.489 e. The maximum absolute atomic E-state index is 14.1. The number of anilines is 2. The summed E-state index contributed by atoms with van der Waals surface area (Å²) in [4.78, 5) is 55.8. The van der Waals surface area contributed by atoms with E-state index in [2.05, 4.69) is 72.9 Å². The molecular formula is C49H57N9O9S. The number of benzene rings is 2. The van der Waals surface area contributed by atoms with E-state index in [-0.39, 0.29) is 46.9 Å². The number of ether oxygens (including phenoxy) is 3. The van der Waals surface area contributed by atoms with Gasteiger partial charge in [-0.3, -0.25) is 19.8 Å². The first kappa shape index (κ1) is 45.3. The average Bonchev–Trinajstić information content (AvgIpc) is 4.02. The van der Waals surface area contributed by atoms with E-state index < -0.39 is 37.5 Å². The van der Waals surface area contributed by atoms with E-state index in [1.54, 1.807) is 29.4 Å². The number of piperidine rings is 2. The number of nitrogens with zero attached hydrogens (tertiary/aromatic N) is 6. The number of hydrogen-bond acceptors (Lipinski definition) is 14. The van der Waals surface area contributed by atoms with Gasteiger partial charge in [0.15, 0.2) is 22.9 Å². The number of aromatic nitrogens is 3. The number of rotatable bonds is 11. The third-order valence-corrected chi connectivity index (χ3v) is 16.3. The Morgan fingerprint density at radius 1 is 0.985 bits per heavy atom. The molecule has 18 nitrogen and oxygen atoms in total. The van der Waals surface area contributed by atoms with Gasteiger partial charge in [0.25, 0.3) is 21.6 Å². The number of carbonyl (C=O) groups is 2. The van der Waals surface area contributed by atoms with Gasteiger partial charge in [-0.2, -0.15) is 0 Å². The maximum Gasteiger partial charge on any atom is 0.409 e. The molecule has 3 aromatic heterocycles. The number of fused-ring (bicyclic) bond motifs is 2. The van der Waals surface area contributed by atoms with Crippen LogP contribution in [0.25, 0.3) is 11.0 Å². The zero-order valence-corrected chi connectivity index (χ0v) is 39.3. The van der Waals surface area contributed by atoms with Crippen molar-refractivity contribution in [2.24, 2.45) is 11.3 Å². The molecule has 68 heavy (non-hydrogen) atoms. The maximum atomic E-state index is 14.1. The predicted octanol–water partition coefficient (Wildman–Crippen LogP) is 8.14. The smallest absolute Gasteiger partial charge is 0.409 e. The Morgan fingerprint density at radius 3 is 2.51 bits per heavy atom. The van der Waals surface area contributed by atoms with Gasteiger partial charge in [0.05, 0.1) is 41.1 Å². The van der Waals surface area contributed by atoms with Crippen molar-refractivity contribution in [3.63, 3.8) is 0 Å². The number of hydrogen-bond donors (Lipinski definition) is 3. The third-order valence-electron chi connectivity index (χ3n) is 15.0. The lowest BCUT2D eigenvalue weighted by atomic mass is 9.59. The molecule has 10 rings (SSSR count). The van der Waals surface area contributed by atoms with Crippen LogP contribution in [0.1, 0.15) is 98.8 Å². The first-order chi connectivity index (χ1) is 32.8. The first-order valence-electron chi connectivity index (χ1n) is 23.6. The molecule has 3 N–H and O–H groups in total. The number of nitrogens with one attached hydrogen (secondary N) is 3. The monoisotopic (exact) mass is 947 g/mol. The Hall–Kier alpha value is -6.47. The number of carbonyl (C=O) groups excluding carboxylic acids is 2. The summed E-state index contributed by atoms with van der Waals surface area (Å²) >= 11 is 0. The van der Waals surface area contributed by atoms with Gasteiger partial charge in [-0.05, 0) is 98.4 Å². The molecule has 3 saturated heterocycles. The van der Waals surface area contributed by atoms with Crippen LogP contribution >= 0.6 is 0 Å². The summed E-state index contributed by atoms with van der Waals surface area (Å²) in [6, 6.07) is 17.0. The highest BCUT2D eigenvalue weighted by atomic mass is 32.2. The van der Waals surface area contributed by atoms with Crippen LogP contribution in [0.2, 0.25) is 0 Å². The van der Waals surface area contributed by atoms with Gasteiger partial charge in [-0.1, -0.05) is 38.1 Å². The standard InChI is InChI=1S/C49H57N9O9S/c1-30(2)37-7-4-5-8-38(37)40-9-6-16-57(40)34-25-49(26-34)13-19-55(20-14-49)33-22-43(67-35-21-32-10-15-50-46(32)52-28-35)45(51-27-33)47(59)54-68(63,64)36-23-41(58(61)62)44-42(24-36)66-29-39(53-44)31-11-17-56(18-12-31)48(60)65-3/h4-5,7-8,10,15,21-24,27-28,30-31,34,39-40,53H,6,9,11-14,16-20,25-26,29H2,1-3H3,(H,50,52)(H,54,59)/t39?,40-/m0/s1. The van der Waals surface area contributed by atoms with Gasteiger partial charge in [0.1, 0.15) is 18.0 Å². The van der Waals surface area contributed by atoms with Crippen LogP contribution in [0.15, 0.2) is 78.1 Å². The number of aromatic amines is 1. The summed E-state index contributed by atoms with van der Waals surface area (Å²) in [5, 5.41) is 16.4. The molecule has 2 amide bonds. The summed E-state index contributed by atoms with van der Waals surface area (Å²) in [5.41, 5.74) is 3.78. The number of amides is 2. The van der Waals surface area contributed by atoms with Gasteiger partial charge >= 0.3 is 6.09 Å². The number of likely N-dealkylation sites (tertiary alicyclic amines) is 2. The lowest BCUT2D eigenvalue weighted by Gasteiger charge is -2.56. The van der Waals surface area contributed by atoms with Crippen LogP contribution in [-0.4, -0.2) is 109 Å². The third kappa shape index (κ3) is 8.77. The molecule has 4 aliphatic heterocycles. The van der Waals surface area contributed by atoms with Gasteiger partial charge in [0.2, 0.25) is 0 Å². The SMILES string of the molecule is COC(=O)N1CCC(C2COc3cc(S(=O)(=O)NC(=O)c4ncc(N5CCC6(CC5)CC(N5CCC[C@H]5c5ccccc5C(C)C)C6)cc4Oc4cnc5[nH]ccc5c4)cc([N+](=O)[O-])c3N2)CC1. The Kier molecular flexibility index (Phi) is 12.1. The molecule has 4 fully saturated rings. The number of sulfonamides is 1. The van der Waals surface area contributed by atoms with Gasteiger partial charge in [0, 0.05) is 68.0 Å². The number of nitro benzene ring substituents is 1. The Morgan fingerprint density at radius 2 is 1.76 bits per heavy atom. The topological polar surface area (TPSA) is 214 Å². The summed E-state index contributed by atoms with van der Waals surface area (Å²) in [7, 11) is -3.39. The molecule has 0 bridgehead atoms. The van der Waals surface area contributed by atoms with Crippen molar-refractivity contribution >= 4 is 50.1 Å². The van der Waals surface area contributed by atoms with Crippen molar-refractivity contribution in [2.75, 3.05) is 56.7 Å². The molecular weight excluding hydrogens is 891 g/mol. The van der Waals surface area contributed by atoms with Crippen molar-refractivity contribution in [3.8, 4) is 17.2 Å². The molecule has 5 aliphatic rings. The fourth-order valence-electron chi connectivity index (χ4n) is 11.3. The molecule has 2 aromatic carbocycles. The van der Waals surface area contributed by atoms with Crippen LogP contribution in [-0.2, 0) is 14.8 Å². The van der Waals surface area contributed by atoms with Crippen molar-refractivity contribution in [1.82, 2.24) is 29.5 Å². The molecule has 2 atom stereocenters. The molecule has 0 radical (unpaired) electrons. The van der Waals surface area contributed by atoms with Crippen molar-refractivity contribution < 1.29 is 37.1 Å². The van der Waals surface area contributed by atoms with E-state index in [1.807, 2.05) is 6.07 Å². The summed E-state index contributed by atoms with van der Waals surface area (Å²) < 4.78 is 47.1. The summed E-state index contributed by atoms with van der Waals surface area (Å²) in [6.45, 7) is 8.28. The van der Waals surface area contributed by atoms with Gasteiger partial charge in [-0.25, -0.2) is 27.9 Å². The highest BCUT2D eigenvalue weighted by Crippen LogP contribution is 2.54. The van der Waals surface area contributed by atoms with Crippen LogP contribution < -0.4 is 24.4 Å². The van der Waals surface area contributed by atoms with Crippen LogP contribution in [0.4, 0.5) is 21.9 Å². The average molecular weight is 948 g/mol. The van der Waals surface area contributed by atoms with Crippen molar-refractivity contribution in [3.05, 3.63) is 100 Å². The molecule has 1 spiro atoms.